The molecule has 10 heteroatoms. The van der Waals surface area contributed by atoms with Crippen molar-refractivity contribution < 1.29 is 28.5 Å². The molecule has 0 aromatic heterocycles. The second kappa shape index (κ2) is 10.9. The van der Waals surface area contributed by atoms with Crippen LogP contribution in [0.1, 0.15) is 5.56 Å². The summed E-state index contributed by atoms with van der Waals surface area (Å²) in [6.45, 7) is -0.247. The van der Waals surface area contributed by atoms with Gasteiger partial charge in [0.2, 0.25) is 5.75 Å². The van der Waals surface area contributed by atoms with Gasteiger partial charge in [-0.1, -0.05) is 15.9 Å². The molecule has 1 N–H and O–H groups in total. The molecule has 0 aliphatic rings. The minimum atomic E-state index is -0.439. The van der Waals surface area contributed by atoms with E-state index in [9.17, 15) is 4.79 Å². The number of ether oxygens (including phenoxy) is 5. The van der Waals surface area contributed by atoms with Crippen LogP contribution in [-0.2, 0) is 4.79 Å². The number of nitrogens with one attached hydrogen (secondary N) is 1. The fourth-order valence-electron chi connectivity index (χ4n) is 2.35. The molecule has 1 amide bonds. The first-order chi connectivity index (χ1) is 13.9. The van der Waals surface area contributed by atoms with Crippen LogP contribution in [0.25, 0.3) is 0 Å². The molecule has 156 valence electrons. The van der Waals surface area contributed by atoms with E-state index < -0.39 is 5.91 Å². The molecule has 0 bridgehead atoms. The Morgan fingerprint density at radius 2 is 1.52 bits per heavy atom. The fraction of sp³-hybridized carbons (Fsp3) is 0.263. The van der Waals surface area contributed by atoms with E-state index in [1.54, 1.807) is 24.3 Å². The third-order valence-corrected chi connectivity index (χ3v) is 4.68. The fourth-order valence-corrected chi connectivity index (χ4v) is 3.65. The Kier molecular flexibility index (Phi) is 8.59. The smallest absolute Gasteiger partial charge is 0.277 e. The highest BCUT2D eigenvalue weighted by atomic mass is 79.9. The number of nitrogens with zero attached hydrogens (tertiary/aromatic N) is 1. The molecule has 0 unspecified atom stereocenters. The minimum Gasteiger partial charge on any atom is -0.493 e. The Balaban J connectivity index is 2.02. The average molecular weight is 532 g/mol. The molecule has 0 saturated carbocycles. The third kappa shape index (κ3) is 6.01. The normalized spacial score (nSPS) is 10.6. The zero-order chi connectivity index (χ0) is 21.4. The van der Waals surface area contributed by atoms with Gasteiger partial charge in [-0.3, -0.25) is 4.79 Å². The highest BCUT2D eigenvalue weighted by Crippen LogP contribution is 2.38. The van der Waals surface area contributed by atoms with Gasteiger partial charge in [-0.05, 0) is 40.2 Å². The molecule has 29 heavy (non-hydrogen) atoms. The zero-order valence-electron chi connectivity index (χ0n) is 16.2. The van der Waals surface area contributed by atoms with Crippen molar-refractivity contribution in [3.63, 3.8) is 0 Å². The molecule has 2 aromatic rings. The molecular formula is C19H20Br2N2O6. The maximum Gasteiger partial charge on any atom is 0.277 e. The van der Waals surface area contributed by atoms with Crippen LogP contribution >= 0.6 is 31.9 Å². The summed E-state index contributed by atoms with van der Waals surface area (Å²) in [5.74, 6) is 1.90. The van der Waals surface area contributed by atoms with E-state index in [-0.39, 0.29) is 6.61 Å². The SMILES string of the molecule is COc1cc(Br)cc(Br)c1OCC(=O)NN=Cc1cc(OC)c(OC)c(OC)c1. The summed E-state index contributed by atoms with van der Waals surface area (Å²) in [6.07, 6.45) is 1.46. The van der Waals surface area contributed by atoms with Crippen molar-refractivity contribution in [3.8, 4) is 28.7 Å². The van der Waals surface area contributed by atoms with Crippen LogP contribution in [0.5, 0.6) is 28.7 Å². The van der Waals surface area contributed by atoms with Crippen molar-refractivity contribution in [1.82, 2.24) is 5.43 Å². The zero-order valence-corrected chi connectivity index (χ0v) is 19.4. The average Bonchev–Trinajstić information content (AvgIpc) is 2.71. The number of hydrazone groups is 1. The first-order valence-corrected chi connectivity index (χ1v) is 9.79. The highest BCUT2D eigenvalue weighted by Gasteiger charge is 2.14. The number of halogens is 2. The molecule has 0 radical (unpaired) electrons. The van der Waals surface area contributed by atoms with Gasteiger partial charge >= 0.3 is 0 Å². The lowest BCUT2D eigenvalue weighted by Gasteiger charge is -2.13. The first kappa shape index (κ1) is 22.8. The summed E-state index contributed by atoms with van der Waals surface area (Å²) in [5, 5.41) is 3.93. The summed E-state index contributed by atoms with van der Waals surface area (Å²) in [6, 6.07) is 6.94. The molecule has 8 nitrogen and oxygen atoms in total. The summed E-state index contributed by atoms with van der Waals surface area (Å²) < 4.78 is 28.1. The van der Waals surface area contributed by atoms with Crippen LogP contribution < -0.4 is 29.1 Å². The molecule has 2 aromatic carbocycles. The second-order valence-corrected chi connectivity index (χ2v) is 7.23. The Bertz CT molecular complexity index is 880. The van der Waals surface area contributed by atoms with E-state index in [1.807, 2.05) is 0 Å². The molecule has 0 fully saturated rings. The molecule has 0 saturated heterocycles. The molecule has 2 rings (SSSR count). The predicted octanol–water partition coefficient (Wildman–Crippen LogP) is 3.78. The summed E-state index contributed by atoms with van der Waals surface area (Å²) in [7, 11) is 6.08. The first-order valence-electron chi connectivity index (χ1n) is 8.21. The Morgan fingerprint density at radius 1 is 0.931 bits per heavy atom. The topological polar surface area (TPSA) is 87.6 Å². The molecule has 0 atom stereocenters. The number of methoxy groups -OCH3 is 4. The minimum absolute atomic E-state index is 0.247. The third-order valence-electron chi connectivity index (χ3n) is 3.63. The maximum atomic E-state index is 12.0. The number of benzene rings is 2. The van der Waals surface area contributed by atoms with E-state index in [2.05, 4.69) is 42.4 Å². The summed E-state index contributed by atoms with van der Waals surface area (Å²) in [5.41, 5.74) is 3.05. The van der Waals surface area contributed by atoms with Gasteiger partial charge in [0.05, 0.1) is 39.1 Å². The van der Waals surface area contributed by atoms with Gasteiger partial charge in [0.15, 0.2) is 29.6 Å². The van der Waals surface area contributed by atoms with E-state index in [4.69, 9.17) is 23.7 Å². The largest absolute Gasteiger partial charge is 0.493 e. The number of rotatable bonds is 9. The monoisotopic (exact) mass is 530 g/mol. The van der Waals surface area contributed by atoms with Crippen molar-refractivity contribution in [3.05, 3.63) is 38.8 Å². The lowest BCUT2D eigenvalue weighted by Crippen LogP contribution is -2.24. The van der Waals surface area contributed by atoms with E-state index >= 15 is 0 Å². The quantitative estimate of drug-likeness (QED) is 0.391. The van der Waals surface area contributed by atoms with Crippen LogP contribution in [0.3, 0.4) is 0 Å². The summed E-state index contributed by atoms with van der Waals surface area (Å²) >= 11 is 6.74. The number of carbonyl (C=O) groups excluding carboxylic acids is 1. The number of amides is 1. The molecule has 0 aliphatic carbocycles. The Morgan fingerprint density at radius 3 is 2.07 bits per heavy atom. The molecule has 0 aliphatic heterocycles. The molecule has 0 spiro atoms. The van der Waals surface area contributed by atoms with Crippen LogP contribution in [0, 0.1) is 0 Å². The van der Waals surface area contributed by atoms with E-state index in [1.165, 1.54) is 34.7 Å². The van der Waals surface area contributed by atoms with Gasteiger partial charge in [0.25, 0.3) is 5.91 Å². The Hall–Kier alpha value is -2.46. The maximum absolute atomic E-state index is 12.0. The van der Waals surface area contributed by atoms with Crippen molar-refractivity contribution in [2.24, 2.45) is 5.10 Å². The van der Waals surface area contributed by atoms with Gasteiger partial charge in [-0.15, -0.1) is 0 Å². The highest BCUT2D eigenvalue weighted by molar-refractivity contribution is 9.11. The lowest BCUT2D eigenvalue weighted by atomic mass is 10.2. The van der Waals surface area contributed by atoms with Gasteiger partial charge in [0.1, 0.15) is 0 Å². The Labute approximate surface area is 185 Å². The van der Waals surface area contributed by atoms with Crippen LogP contribution in [0.2, 0.25) is 0 Å². The van der Waals surface area contributed by atoms with Crippen LogP contribution in [0.15, 0.2) is 38.3 Å². The van der Waals surface area contributed by atoms with Crippen molar-refractivity contribution in [2.75, 3.05) is 35.0 Å². The van der Waals surface area contributed by atoms with Crippen molar-refractivity contribution in [2.45, 2.75) is 0 Å². The van der Waals surface area contributed by atoms with Gasteiger partial charge in [0, 0.05) is 10.0 Å². The molecular weight excluding hydrogens is 512 g/mol. The van der Waals surface area contributed by atoms with Crippen LogP contribution in [0.4, 0.5) is 0 Å². The number of hydrogen-bond donors (Lipinski definition) is 1. The van der Waals surface area contributed by atoms with Crippen molar-refractivity contribution >= 4 is 44.0 Å². The lowest BCUT2D eigenvalue weighted by molar-refractivity contribution is -0.123. The van der Waals surface area contributed by atoms with E-state index in [0.717, 1.165) is 4.47 Å². The molecule has 0 heterocycles. The number of carbonyl (C=O) groups is 1. The summed E-state index contributed by atoms with van der Waals surface area (Å²) in [4.78, 5) is 12.0. The standard InChI is InChI=1S/C19H20Br2N2O6/c1-25-14-5-11(6-15(26-2)19(14)28-4)9-22-23-17(24)10-29-18-13(21)7-12(20)8-16(18)27-3/h5-9H,10H2,1-4H3,(H,23,24). The number of hydrogen-bond acceptors (Lipinski definition) is 7. The predicted molar refractivity (Wildman–Crippen MR) is 116 cm³/mol. The van der Waals surface area contributed by atoms with Gasteiger partial charge in [-0.25, -0.2) is 5.43 Å². The van der Waals surface area contributed by atoms with Crippen molar-refractivity contribution in [1.29, 1.82) is 0 Å². The second-order valence-electron chi connectivity index (χ2n) is 5.46. The van der Waals surface area contributed by atoms with Crippen LogP contribution in [-0.4, -0.2) is 47.2 Å². The van der Waals surface area contributed by atoms with Gasteiger partial charge < -0.3 is 23.7 Å². The van der Waals surface area contributed by atoms with E-state index in [0.29, 0.717) is 38.8 Å². The van der Waals surface area contributed by atoms with Gasteiger partial charge in [-0.2, -0.15) is 5.10 Å².